The predicted octanol–water partition coefficient (Wildman–Crippen LogP) is 0.484. The van der Waals surface area contributed by atoms with Crippen molar-refractivity contribution >= 4 is 5.91 Å². The summed E-state index contributed by atoms with van der Waals surface area (Å²) in [6.45, 7) is 1.29. The summed E-state index contributed by atoms with van der Waals surface area (Å²) in [5, 5.41) is 10.4. The summed E-state index contributed by atoms with van der Waals surface area (Å²) < 4.78 is 1.73. The lowest BCUT2D eigenvalue weighted by Gasteiger charge is -2.12. The maximum absolute atomic E-state index is 11.8. The summed E-state index contributed by atoms with van der Waals surface area (Å²) in [5.74, 6) is -0.162. The van der Waals surface area contributed by atoms with Crippen molar-refractivity contribution in [3.8, 4) is 0 Å². The molecule has 0 aliphatic rings. The first kappa shape index (κ1) is 13.2. The molecule has 1 amide bonds. The Hall–Kier alpha value is -2.21. The van der Waals surface area contributed by atoms with Gasteiger partial charge in [-0.05, 0) is 12.0 Å². The van der Waals surface area contributed by atoms with E-state index in [2.05, 4.69) is 15.6 Å². The average Bonchev–Trinajstić information content (AvgIpc) is 2.96. The van der Waals surface area contributed by atoms with Crippen molar-refractivity contribution in [2.45, 2.75) is 19.0 Å². The molecule has 1 atom stereocenters. The fourth-order valence-electron chi connectivity index (χ4n) is 1.73. The molecule has 0 fully saturated rings. The molecule has 2 aromatic rings. The molecule has 0 unspecified atom stereocenters. The number of amides is 1. The highest BCUT2D eigenvalue weighted by Crippen LogP contribution is 2.08. The van der Waals surface area contributed by atoms with Crippen LogP contribution < -0.4 is 11.1 Å². The van der Waals surface area contributed by atoms with E-state index >= 15 is 0 Å². The van der Waals surface area contributed by atoms with Gasteiger partial charge in [0.2, 0.25) is 5.91 Å². The van der Waals surface area contributed by atoms with Gasteiger partial charge >= 0.3 is 0 Å². The number of hydrogen-bond donors (Lipinski definition) is 2. The van der Waals surface area contributed by atoms with Crippen molar-refractivity contribution < 1.29 is 4.79 Å². The third-order valence-corrected chi connectivity index (χ3v) is 2.78. The fourth-order valence-corrected chi connectivity index (χ4v) is 1.73. The van der Waals surface area contributed by atoms with Crippen molar-refractivity contribution in [1.29, 1.82) is 0 Å². The normalized spacial score (nSPS) is 12.1. The van der Waals surface area contributed by atoms with E-state index in [0.717, 1.165) is 18.5 Å². The van der Waals surface area contributed by atoms with Gasteiger partial charge in [0.1, 0.15) is 6.04 Å². The SMILES string of the molecule is N[C@H](C(=O)NCCCn1ccnn1)c1ccccc1. The van der Waals surface area contributed by atoms with Crippen molar-refractivity contribution in [3.05, 3.63) is 48.3 Å². The van der Waals surface area contributed by atoms with Crippen LogP contribution in [-0.2, 0) is 11.3 Å². The van der Waals surface area contributed by atoms with Crippen LogP contribution in [0.4, 0.5) is 0 Å². The lowest BCUT2D eigenvalue weighted by Crippen LogP contribution is -2.34. The minimum absolute atomic E-state index is 0.162. The van der Waals surface area contributed by atoms with Crippen molar-refractivity contribution in [2.24, 2.45) is 5.73 Å². The van der Waals surface area contributed by atoms with E-state index in [9.17, 15) is 4.79 Å². The molecular formula is C13H17N5O. The monoisotopic (exact) mass is 259 g/mol. The van der Waals surface area contributed by atoms with Crippen molar-refractivity contribution in [1.82, 2.24) is 20.3 Å². The van der Waals surface area contributed by atoms with Gasteiger partial charge in [0.15, 0.2) is 0 Å². The van der Waals surface area contributed by atoms with E-state index in [1.165, 1.54) is 0 Å². The first-order chi connectivity index (χ1) is 9.27. The number of nitrogens with zero attached hydrogens (tertiary/aromatic N) is 3. The van der Waals surface area contributed by atoms with Gasteiger partial charge in [-0.25, -0.2) is 0 Å². The molecule has 1 heterocycles. The molecule has 3 N–H and O–H groups in total. The Balaban J connectivity index is 1.72. The van der Waals surface area contributed by atoms with Gasteiger partial charge in [0.05, 0.1) is 6.20 Å². The van der Waals surface area contributed by atoms with E-state index in [4.69, 9.17) is 5.73 Å². The van der Waals surface area contributed by atoms with E-state index in [1.54, 1.807) is 17.1 Å². The average molecular weight is 259 g/mol. The van der Waals surface area contributed by atoms with Gasteiger partial charge in [-0.1, -0.05) is 35.5 Å². The molecule has 0 saturated carbocycles. The highest BCUT2D eigenvalue weighted by atomic mass is 16.2. The number of hydrogen-bond acceptors (Lipinski definition) is 4. The minimum Gasteiger partial charge on any atom is -0.354 e. The van der Waals surface area contributed by atoms with Crippen LogP contribution in [0.1, 0.15) is 18.0 Å². The number of carbonyl (C=O) groups is 1. The second-order valence-corrected chi connectivity index (χ2v) is 4.20. The molecule has 1 aromatic heterocycles. The molecule has 1 aromatic carbocycles. The summed E-state index contributed by atoms with van der Waals surface area (Å²) in [6.07, 6.45) is 4.21. The summed E-state index contributed by atoms with van der Waals surface area (Å²) in [5.41, 5.74) is 6.69. The molecule has 0 spiro atoms. The third-order valence-electron chi connectivity index (χ3n) is 2.78. The molecule has 0 bridgehead atoms. The lowest BCUT2D eigenvalue weighted by atomic mass is 10.1. The van der Waals surface area contributed by atoms with Crippen LogP contribution in [0.15, 0.2) is 42.7 Å². The Labute approximate surface area is 111 Å². The summed E-state index contributed by atoms with van der Waals surface area (Å²) in [7, 11) is 0. The molecule has 0 aliphatic carbocycles. The topological polar surface area (TPSA) is 85.8 Å². The Morgan fingerprint density at radius 3 is 2.84 bits per heavy atom. The van der Waals surface area contributed by atoms with Gasteiger partial charge in [0, 0.05) is 19.3 Å². The van der Waals surface area contributed by atoms with Gasteiger partial charge in [0.25, 0.3) is 0 Å². The summed E-state index contributed by atoms with van der Waals surface area (Å²) in [6, 6.07) is 8.71. The largest absolute Gasteiger partial charge is 0.354 e. The molecular weight excluding hydrogens is 242 g/mol. The number of carbonyl (C=O) groups excluding carboxylic acids is 1. The van der Waals surface area contributed by atoms with Crippen LogP contribution in [0.2, 0.25) is 0 Å². The van der Waals surface area contributed by atoms with E-state index in [-0.39, 0.29) is 5.91 Å². The van der Waals surface area contributed by atoms with Crippen LogP contribution in [0.3, 0.4) is 0 Å². The van der Waals surface area contributed by atoms with Crippen LogP contribution in [0.5, 0.6) is 0 Å². The van der Waals surface area contributed by atoms with Gasteiger partial charge < -0.3 is 11.1 Å². The molecule has 0 aliphatic heterocycles. The van der Waals surface area contributed by atoms with Gasteiger partial charge in [-0.3, -0.25) is 9.48 Å². The van der Waals surface area contributed by atoms with E-state index < -0.39 is 6.04 Å². The molecule has 6 heteroatoms. The zero-order chi connectivity index (χ0) is 13.5. The highest BCUT2D eigenvalue weighted by molar-refractivity contribution is 5.82. The second kappa shape index (κ2) is 6.65. The first-order valence-electron chi connectivity index (χ1n) is 6.20. The lowest BCUT2D eigenvalue weighted by molar-refractivity contribution is -0.122. The van der Waals surface area contributed by atoms with Gasteiger partial charge in [-0.2, -0.15) is 0 Å². The molecule has 100 valence electrons. The van der Waals surface area contributed by atoms with Crippen LogP contribution in [0.25, 0.3) is 0 Å². The first-order valence-corrected chi connectivity index (χ1v) is 6.20. The zero-order valence-electron chi connectivity index (χ0n) is 10.6. The second-order valence-electron chi connectivity index (χ2n) is 4.20. The Morgan fingerprint density at radius 1 is 1.37 bits per heavy atom. The molecule has 19 heavy (non-hydrogen) atoms. The Bertz CT molecular complexity index is 497. The predicted molar refractivity (Wildman–Crippen MR) is 71.0 cm³/mol. The van der Waals surface area contributed by atoms with Crippen LogP contribution in [-0.4, -0.2) is 27.4 Å². The Morgan fingerprint density at radius 2 is 2.16 bits per heavy atom. The molecule has 0 saturated heterocycles. The smallest absolute Gasteiger partial charge is 0.241 e. The van der Waals surface area contributed by atoms with E-state index in [1.807, 2.05) is 30.3 Å². The molecule has 0 radical (unpaired) electrons. The van der Waals surface area contributed by atoms with Crippen LogP contribution in [0, 0.1) is 0 Å². The Kier molecular flexibility index (Phi) is 4.63. The summed E-state index contributed by atoms with van der Waals surface area (Å²) in [4.78, 5) is 11.8. The van der Waals surface area contributed by atoms with Crippen LogP contribution >= 0.6 is 0 Å². The highest BCUT2D eigenvalue weighted by Gasteiger charge is 2.14. The third kappa shape index (κ3) is 3.89. The molecule has 2 rings (SSSR count). The maximum atomic E-state index is 11.8. The number of aromatic nitrogens is 3. The maximum Gasteiger partial charge on any atom is 0.241 e. The zero-order valence-corrected chi connectivity index (χ0v) is 10.6. The minimum atomic E-state index is -0.618. The van der Waals surface area contributed by atoms with Gasteiger partial charge in [-0.15, -0.1) is 5.10 Å². The summed E-state index contributed by atoms with van der Waals surface area (Å²) >= 11 is 0. The standard InChI is InChI=1S/C13H17N5O/c14-12(11-5-2-1-3-6-11)13(19)15-7-4-9-18-10-8-16-17-18/h1-3,5-6,8,10,12H,4,7,9,14H2,(H,15,19)/t12-/m0/s1. The number of aryl methyl sites for hydroxylation is 1. The molecule has 6 nitrogen and oxygen atoms in total. The number of rotatable bonds is 6. The van der Waals surface area contributed by atoms with Crippen molar-refractivity contribution in [3.63, 3.8) is 0 Å². The van der Waals surface area contributed by atoms with Crippen molar-refractivity contribution in [2.75, 3.05) is 6.54 Å². The van der Waals surface area contributed by atoms with E-state index in [0.29, 0.717) is 6.54 Å². The quantitative estimate of drug-likeness (QED) is 0.739. The fraction of sp³-hybridized carbons (Fsp3) is 0.308. The number of benzene rings is 1. The number of nitrogens with two attached hydrogens (primary N) is 1. The number of nitrogens with one attached hydrogen (secondary N) is 1.